The highest BCUT2D eigenvalue weighted by molar-refractivity contribution is 5.90. The van der Waals surface area contributed by atoms with Crippen LogP contribution in [0.25, 0.3) is 16.7 Å². The molecule has 1 aromatic carbocycles. The van der Waals surface area contributed by atoms with Crippen LogP contribution in [0.1, 0.15) is 31.0 Å². The Balaban J connectivity index is 2.34. The third-order valence-corrected chi connectivity index (χ3v) is 3.33. The van der Waals surface area contributed by atoms with Crippen molar-refractivity contribution in [3.8, 4) is 5.69 Å². The van der Waals surface area contributed by atoms with Crippen molar-refractivity contribution in [3.05, 3.63) is 35.5 Å². The fraction of sp³-hybridized carbons (Fsp3) is 0.286. The molecule has 3 aromatic rings. The van der Waals surface area contributed by atoms with Crippen molar-refractivity contribution in [2.24, 2.45) is 0 Å². The first-order chi connectivity index (χ1) is 9.09. The highest BCUT2D eigenvalue weighted by Gasteiger charge is 2.20. The highest BCUT2D eigenvalue weighted by Crippen LogP contribution is 2.30. The molecule has 2 aromatic heterocycles. The summed E-state index contributed by atoms with van der Waals surface area (Å²) in [6, 6.07) is 8.12. The van der Waals surface area contributed by atoms with Gasteiger partial charge in [-0.05, 0) is 24.5 Å². The van der Waals surface area contributed by atoms with E-state index in [1.165, 1.54) is 0 Å². The maximum absolute atomic E-state index is 5.97. The van der Waals surface area contributed by atoms with Gasteiger partial charge >= 0.3 is 0 Å². The molecule has 2 heterocycles. The number of rotatable bonds is 2. The zero-order chi connectivity index (χ0) is 13.6. The van der Waals surface area contributed by atoms with E-state index in [1.54, 1.807) is 0 Å². The van der Waals surface area contributed by atoms with Crippen molar-refractivity contribution >= 4 is 16.9 Å². The van der Waals surface area contributed by atoms with Crippen molar-refractivity contribution < 1.29 is 0 Å². The summed E-state index contributed by atoms with van der Waals surface area (Å²) >= 11 is 0. The molecule has 0 saturated heterocycles. The summed E-state index contributed by atoms with van der Waals surface area (Å²) in [5.74, 6) is 0.881. The molecule has 3 rings (SSSR count). The third kappa shape index (κ3) is 1.69. The summed E-state index contributed by atoms with van der Waals surface area (Å²) in [7, 11) is 0. The van der Waals surface area contributed by atoms with Crippen LogP contribution in [0.2, 0.25) is 0 Å². The second kappa shape index (κ2) is 4.12. The number of fused-ring (bicyclic) bond motifs is 1. The summed E-state index contributed by atoms with van der Waals surface area (Å²) in [4.78, 5) is 0. The van der Waals surface area contributed by atoms with Crippen molar-refractivity contribution in [2.45, 2.75) is 26.7 Å². The van der Waals surface area contributed by atoms with E-state index in [2.05, 4.69) is 37.0 Å². The van der Waals surface area contributed by atoms with Gasteiger partial charge in [-0.1, -0.05) is 32.0 Å². The van der Waals surface area contributed by atoms with E-state index in [0.29, 0.717) is 11.7 Å². The number of hydrogen-bond acceptors (Lipinski definition) is 3. The van der Waals surface area contributed by atoms with E-state index in [4.69, 9.17) is 10.8 Å². The van der Waals surface area contributed by atoms with Crippen LogP contribution in [0.5, 0.6) is 0 Å². The summed E-state index contributed by atoms with van der Waals surface area (Å²) in [6.07, 6.45) is 0. The minimum atomic E-state index is 0.299. The number of para-hydroxylation sites is 1. The van der Waals surface area contributed by atoms with Gasteiger partial charge in [0.25, 0.3) is 0 Å². The summed E-state index contributed by atoms with van der Waals surface area (Å²) in [6.45, 7) is 6.28. The SMILES string of the molecule is Cc1ccccc1-n1nc(C(C)C)c2c(N)[nH]nc21. The van der Waals surface area contributed by atoms with E-state index >= 15 is 0 Å². The van der Waals surface area contributed by atoms with Crippen LogP contribution in [0.4, 0.5) is 5.82 Å². The van der Waals surface area contributed by atoms with E-state index < -0.39 is 0 Å². The van der Waals surface area contributed by atoms with Gasteiger partial charge in [0, 0.05) is 0 Å². The molecule has 0 aliphatic carbocycles. The summed E-state index contributed by atoms with van der Waals surface area (Å²) in [5, 5.41) is 12.8. The molecule has 0 fully saturated rings. The molecule has 0 bridgehead atoms. The predicted octanol–water partition coefficient (Wildman–Crippen LogP) is 2.76. The van der Waals surface area contributed by atoms with E-state index in [1.807, 2.05) is 22.9 Å². The van der Waals surface area contributed by atoms with Crippen LogP contribution in [0.3, 0.4) is 0 Å². The Kier molecular flexibility index (Phi) is 2.55. The molecule has 98 valence electrons. The monoisotopic (exact) mass is 255 g/mol. The van der Waals surface area contributed by atoms with Gasteiger partial charge < -0.3 is 5.73 Å². The zero-order valence-corrected chi connectivity index (χ0v) is 11.3. The number of benzene rings is 1. The molecule has 5 heteroatoms. The van der Waals surface area contributed by atoms with Crippen LogP contribution < -0.4 is 5.73 Å². The number of anilines is 1. The fourth-order valence-corrected chi connectivity index (χ4v) is 2.33. The third-order valence-electron chi connectivity index (χ3n) is 3.33. The van der Waals surface area contributed by atoms with Gasteiger partial charge in [0.1, 0.15) is 5.82 Å². The lowest BCUT2D eigenvalue weighted by Gasteiger charge is -2.05. The zero-order valence-electron chi connectivity index (χ0n) is 11.3. The molecular formula is C14H17N5. The van der Waals surface area contributed by atoms with Gasteiger partial charge in [-0.2, -0.15) is 10.2 Å². The minimum Gasteiger partial charge on any atom is -0.383 e. The Bertz CT molecular complexity index is 735. The Labute approximate surface area is 111 Å². The lowest BCUT2D eigenvalue weighted by molar-refractivity contribution is 0.770. The average molecular weight is 255 g/mol. The normalized spacial score (nSPS) is 11.6. The molecule has 0 amide bonds. The second-order valence-electron chi connectivity index (χ2n) is 5.07. The van der Waals surface area contributed by atoms with Crippen LogP contribution in [-0.2, 0) is 0 Å². The number of nitrogens with two attached hydrogens (primary N) is 1. The summed E-state index contributed by atoms with van der Waals surface area (Å²) in [5.41, 5.74) is 9.93. The lowest BCUT2D eigenvalue weighted by Crippen LogP contribution is -2.01. The maximum atomic E-state index is 5.97. The lowest BCUT2D eigenvalue weighted by atomic mass is 10.1. The van der Waals surface area contributed by atoms with Crippen molar-refractivity contribution in [3.63, 3.8) is 0 Å². The van der Waals surface area contributed by atoms with Crippen LogP contribution >= 0.6 is 0 Å². The highest BCUT2D eigenvalue weighted by atomic mass is 15.4. The molecule has 0 aliphatic heterocycles. The topological polar surface area (TPSA) is 72.5 Å². The standard InChI is InChI=1S/C14H17N5/c1-8(2)12-11-13(15)16-17-14(11)19(18-12)10-7-5-4-6-9(10)3/h4-8H,1-3H3,(H3,15,16,17). The number of H-pyrrole nitrogens is 1. The molecular weight excluding hydrogens is 238 g/mol. The van der Waals surface area contributed by atoms with Gasteiger partial charge in [-0.3, -0.25) is 5.10 Å². The smallest absolute Gasteiger partial charge is 0.186 e. The first kappa shape index (κ1) is 11.8. The Morgan fingerprint density at radius 3 is 2.68 bits per heavy atom. The number of aromatic amines is 1. The number of aryl methyl sites for hydroxylation is 1. The van der Waals surface area contributed by atoms with Crippen molar-refractivity contribution in [1.29, 1.82) is 0 Å². The summed E-state index contributed by atoms with van der Waals surface area (Å²) < 4.78 is 1.87. The fourth-order valence-electron chi connectivity index (χ4n) is 2.33. The molecule has 0 unspecified atom stereocenters. The van der Waals surface area contributed by atoms with Crippen molar-refractivity contribution in [1.82, 2.24) is 20.0 Å². The number of nitrogens with zero attached hydrogens (tertiary/aromatic N) is 3. The van der Waals surface area contributed by atoms with E-state index in [9.17, 15) is 0 Å². The van der Waals surface area contributed by atoms with Gasteiger partial charge in [0.05, 0.1) is 16.8 Å². The number of hydrogen-bond donors (Lipinski definition) is 2. The molecule has 5 nitrogen and oxygen atoms in total. The Hall–Kier alpha value is -2.30. The van der Waals surface area contributed by atoms with Crippen LogP contribution in [-0.4, -0.2) is 20.0 Å². The van der Waals surface area contributed by atoms with E-state index in [-0.39, 0.29) is 0 Å². The van der Waals surface area contributed by atoms with Gasteiger partial charge in [-0.15, -0.1) is 0 Å². The maximum Gasteiger partial charge on any atom is 0.186 e. The van der Waals surface area contributed by atoms with Crippen LogP contribution in [0, 0.1) is 6.92 Å². The number of nitrogen functional groups attached to an aromatic ring is 1. The van der Waals surface area contributed by atoms with Gasteiger partial charge in [0.2, 0.25) is 0 Å². The Morgan fingerprint density at radius 2 is 2.00 bits per heavy atom. The number of nitrogens with one attached hydrogen (secondary N) is 1. The average Bonchev–Trinajstić information content (AvgIpc) is 2.92. The molecule has 0 atom stereocenters. The molecule has 3 N–H and O–H groups in total. The van der Waals surface area contributed by atoms with Crippen molar-refractivity contribution in [2.75, 3.05) is 5.73 Å². The van der Waals surface area contributed by atoms with Gasteiger partial charge in [0.15, 0.2) is 5.65 Å². The largest absolute Gasteiger partial charge is 0.383 e. The minimum absolute atomic E-state index is 0.299. The van der Waals surface area contributed by atoms with E-state index in [0.717, 1.165) is 28.0 Å². The Morgan fingerprint density at radius 1 is 1.26 bits per heavy atom. The molecule has 0 saturated carbocycles. The van der Waals surface area contributed by atoms with Gasteiger partial charge in [-0.25, -0.2) is 4.68 Å². The first-order valence-electron chi connectivity index (χ1n) is 6.38. The molecule has 0 aliphatic rings. The second-order valence-corrected chi connectivity index (χ2v) is 5.07. The molecule has 0 radical (unpaired) electrons. The number of aromatic nitrogens is 4. The predicted molar refractivity (Wildman–Crippen MR) is 76.5 cm³/mol. The first-order valence-corrected chi connectivity index (χ1v) is 6.38. The molecule has 19 heavy (non-hydrogen) atoms. The molecule has 0 spiro atoms. The van der Waals surface area contributed by atoms with Crippen LogP contribution in [0.15, 0.2) is 24.3 Å². The quantitative estimate of drug-likeness (QED) is 0.739.